The van der Waals surface area contributed by atoms with Crippen LogP contribution in [0, 0.1) is 0 Å². The van der Waals surface area contributed by atoms with Gasteiger partial charge in [-0.3, -0.25) is 9.59 Å². The molecule has 1 rings (SSSR count). The van der Waals surface area contributed by atoms with Gasteiger partial charge in [-0.2, -0.15) is 13.2 Å². The number of hydrogen-bond donors (Lipinski definition) is 0. The zero-order valence-corrected chi connectivity index (χ0v) is 9.31. The average Bonchev–Trinajstić information content (AvgIpc) is 2.15. The highest BCUT2D eigenvalue weighted by Gasteiger charge is 2.33. The number of rotatable bonds is 4. The minimum atomic E-state index is -4.51. The highest BCUT2D eigenvalue weighted by molar-refractivity contribution is 6.64. The zero-order valence-electron chi connectivity index (χ0n) is 8.55. The molecule has 0 aliphatic carbocycles. The van der Waals surface area contributed by atoms with Gasteiger partial charge in [-0.15, -0.1) is 0 Å². The van der Waals surface area contributed by atoms with Gasteiger partial charge in [0.05, 0.1) is 12.0 Å². The number of alkyl halides is 3. The molecule has 0 fully saturated rings. The number of benzene rings is 1. The van der Waals surface area contributed by atoms with Crippen LogP contribution in [0.1, 0.15) is 17.5 Å². The van der Waals surface area contributed by atoms with Gasteiger partial charge in [-0.1, -0.05) is 18.2 Å². The van der Waals surface area contributed by atoms with E-state index in [1.165, 1.54) is 18.2 Å². The molecule has 0 saturated heterocycles. The molecule has 0 N–H and O–H groups in total. The second kappa shape index (κ2) is 5.31. The molecule has 0 heterocycles. The Labute approximate surface area is 100 Å². The molecule has 0 atom stereocenters. The molecule has 0 aliphatic rings. The Hall–Kier alpha value is -1.36. The third-order valence-corrected chi connectivity index (χ3v) is 2.18. The Morgan fingerprint density at radius 2 is 1.76 bits per heavy atom. The van der Waals surface area contributed by atoms with Crippen molar-refractivity contribution in [3.63, 3.8) is 0 Å². The van der Waals surface area contributed by atoms with Gasteiger partial charge in [0.25, 0.3) is 0 Å². The zero-order chi connectivity index (χ0) is 13.1. The second-order valence-electron chi connectivity index (χ2n) is 3.40. The van der Waals surface area contributed by atoms with Crippen LogP contribution < -0.4 is 0 Å². The smallest absolute Gasteiger partial charge is 0.299 e. The molecule has 0 saturated carbocycles. The van der Waals surface area contributed by atoms with Gasteiger partial charge in [-0.05, 0) is 23.2 Å². The van der Waals surface area contributed by atoms with Gasteiger partial charge < -0.3 is 0 Å². The number of Topliss-reactive ketones (excluding diaryl/α,β-unsaturated/α-hetero) is 1. The molecule has 17 heavy (non-hydrogen) atoms. The van der Waals surface area contributed by atoms with Gasteiger partial charge in [-0.25, -0.2) is 0 Å². The SMILES string of the molecule is O=C(Cl)CC(=O)Cc1ccccc1C(F)(F)F. The van der Waals surface area contributed by atoms with E-state index in [0.29, 0.717) is 0 Å². The molecule has 0 aromatic heterocycles. The third-order valence-electron chi connectivity index (χ3n) is 2.05. The molecule has 0 spiro atoms. The summed E-state index contributed by atoms with van der Waals surface area (Å²) in [6.07, 6.45) is -5.52. The highest BCUT2D eigenvalue weighted by atomic mass is 35.5. The monoisotopic (exact) mass is 264 g/mol. The van der Waals surface area contributed by atoms with Gasteiger partial charge in [0.1, 0.15) is 5.78 Å². The van der Waals surface area contributed by atoms with E-state index in [4.69, 9.17) is 11.6 Å². The van der Waals surface area contributed by atoms with Crippen LogP contribution in [0.25, 0.3) is 0 Å². The molecule has 1 aromatic carbocycles. The van der Waals surface area contributed by atoms with E-state index in [9.17, 15) is 22.8 Å². The van der Waals surface area contributed by atoms with E-state index in [0.717, 1.165) is 6.07 Å². The van der Waals surface area contributed by atoms with E-state index in [1.807, 2.05) is 0 Å². The maximum atomic E-state index is 12.6. The van der Waals surface area contributed by atoms with E-state index in [-0.39, 0.29) is 5.56 Å². The van der Waals surface area contributed by atoms with Crippen LogP contribution in [0.15, 0.2) is 24.3 Å². The lowest BCUT2D eigenvalue weighted by Crippen LogP contribution is -2.13. The fraction of sp³-hybridized carbons (Fsp3) is 0.273. The van der Waals surface area contributed by atoms with Crippen molar-refractivity contribution in [3.05, 3.63) is 35.4 Å². The van der Waals surface area contributed by atoms with Crippen LogP contribution in [0.4, 0.5) is 13.2 Å². The molecule has 0 radical (unpaired) electrons. The van der Waals surface area contributed by atoms with Crippen molar-refractivity contribution >= 4 is 22.6 Å². The first-order valence-electron chi connectivity index (χ1n) is 4.66. The summed E-state index contributed by atoms with van der Waals surface area (Å²) in [6, 6.07) is 4.74. The summed E-state index contributed by atoms with van der Waals surface area (Å²) in [5, 5.41) is -0.875. The Morgan fingerprint density at radius 1 is 1.18 bits per heavy atom. The van der Waals surface area contributed by atoms with Gasteiger partial charge in [0.2, 0.25) is 5.24 Å². The first-order valence-corrected chi connectivity index (χ1v) is 5.03. The lowest BCUT2D eigenvalue weighted by Gasteiger charge is -2.11. The molecule has 0 aliphatic heterocycles. The van der Waals surface area contributed by atoms with Gasteiger partial charge in [0, 0.05) is 6.42 Å². The maximum absolute atomic E-state index is 12.6. The van der Waals surface area contributed by atoms with E-state index >= 15 is 0 Å². The summed E-state index contributed by atoms with van der Waals surface area (Å²) < 4.78 is 37.7. The van der Waals surface area contributed by atoms with Crippen molar-refractivity contribution in [3.8, 4) is 0 Å². The summed E-state index contributed by atoms with van der Waals surface area (Å²) in [5.41, 5.74) is -1.02. The van der Waals surface area contributed by atoms with Crippen molar-refractivity contribution in [2.75, 3.05) is 0 Å². The van der Waals surface area contributed by atoms with Crippen LogP contribution in [-0.2, 0) is 22.2 Å². The summed E-state index contributed by atoms with van der Waals surface area (Å²) >= 11 is 4.99. The first-order chi connectivity index (χ1) is 7.80. The van der Waals surface area contributed by atoms with Crippen LogP contribution in [0.2, 0.25) is 0 Å². The quantitative estimate of drug-likeness (QED) is 0.619. The standard InChI is InChI=1S/C11H8ClF3O2/c12-10(17)6-8(16)5-7-3-1-2-4-9(7)11(13,14)15/h1-4H,5-6H2. The normalized spacial score (nSPS) is 11.3. The number of carbonyl (C=O) groups is 2. The van der Waals surface area contributed by atoms with Crippen LogP contribution in [0.5, 0.6) is 0 Å². The topological polar surface area (TPSA) is 34.1 Å². The second-order valence-corrected chi connectivity index (χ2v) is 3.82. The lowest BCUT2D eigenvalue weighted by molar-refractivity contribution is -0.138. The molecule has 2 nitrogen and oxygen atoms in total. The van der Waals surface area contributed by atoms with Crippen molar-refractivity contribution in [2.45, 2.75) is 19.0 Å². The Balaban J connectivity index is 2.92. The Bertz CT molecular complexity index is 441. The molecular weight excluding hydrogens is 257 g/mol. The van der Waals surface area contributed by atoms with Gasteiger partial charge >= 0.3 is 6.18 Å². The van der Waals surface area contributed by atoms with Crippen LogP contribution >= 0.6 is 11.6 Å². The van der Waals surface area contributed by atoms with E-state index in [1.54, 1.807) is 0 Å². The van der Waals surface area contributed by atoms with Crippen molar-refractivity contribution in [1.29, 1.82) is 0 Å². The largest absolute Gasteiger partial charge is 0.416 e. The van der Waals surface area contributed by atoms with E-state index in [2.05, 4.69) is 0 Å². The number of carbonyl (C=O) groups excluding carboxylic acids is 2. The predicted molar refractivity (Wildman–Crippen MR) is 55.6 cm³/mol. The fourth-order valence-electron chi connectivity index (χ4n) is 1.38. The summed E-state index contributed by atoms with van der Waals surface area (Å²) in [7, 11) is 0. The average molecular weight is 265 g/mol. The molecule has 92 valence electrons. The van der Waals surface area contributed by atoms with Crippen LogP contribution in [-0.4, -0.2) is 11.0 Å². The Morgan fingerprint density at radius 3 is 2.29 bits per heavy atom. The first kappa shape index (κ1) is 13.7. The predicted octanol–water partition coefficient (Wildman–Crippen LogP) is 2.97. The molecule has 1 aromatic rings. The number of ketones is 1. The number of halogens is 4. The minimum Gasteiger partial charge on any atom is -0.299 e. The fourth-order valence-corrected chi connectivity index (χ4v) is 1.53. The highest BCUT2D eigenvalue weighted by Crippen LogP contribution is 2.32. The summed E-state index contributed by atoms with van der Waals surface area (Å²) in [5.74, 6) is -0.637. The molecular formula is C11H8ClF3O2. The molecule has 6 heteroatoms. The molecule has 0 amide bonds. The number of hydrogen-bond acceptors (Lipinski definition) is 2. The van der Waals surface area contributed by atoms with Gasteiger partial charge in [0.15, 0.2) is 0 Å². The molecule has 0 bridgehead atoms. The Kier molecular flexibility index (Phi) is 4.28. The third kappa shape index (κ3) is 4.19. The van der Waals surface area contributed by atoms with Crippen LogP contribution in [0.3, 0.4) is 0 Å². The van der Waals surface area contributed by atoms with Crippen molar-refractivity contribution in [1.82, 2.24) is 0 Å². The summed E-state index contributed by atoms with van der Waals surface area (Å²) in [6.45, 7) is 0. The van der Waals surface area contributed by atoms with Crippen molar-refractivity contribution in [2.24, 2.45) is 0 Å². The van der Waals surface area contributed by atoms with Crippen molar-refractivity contribution < 1.29 is 22.8 Å². The maximum Gasteiger partial charge on any atom is 0.416 e. The van der Waals surface area contributed by atoms with E-state index < -0.39 is 35.6 Å². The summed E-state index contributed by atoms with van der Waals surface area (Å²) in [4.78, 5) is 21.7. The molecule has 0 unspecified atom stereocenters. The lowest BCUT2D eigenvalue weighted by atomic mass is 10.0. The minimum absolute atomic E-state index is 0.150.